The summed E-state index contributed by atoms with van der Waals surface area (Å²) in [5.41, 5.74) is 4.67. The predicted octanol–water partition coefficient (Wildman–Crippen LogP) is 7.64. The number of nitrogens with zero attached hydrogens (tertiary/aromatic N) is 3. The molecule has 4 nitrogen and oxygen atoms in total. The molecule has 1 aromatic carbocycles. The first-order valence-electron chi connectivity index (χ1n) is 12.4. The molecule has 33 heavy (non-hydrogen) atoms. The van der Waals surface area contributed by atoms with Gasteiger partial charge < -0.3 is 14.2 Å². The third-order valence-corrected chi connectivity index (χ3v) is 6.32. The lowest BCUT2D eigenvalue weighted by molar-refractivity contribution is 0.318. The zero-order chi connectivity index (χ0) is 23.6. The molecule has 0 radical (unpaired) electrons. The van der Waals surface area contributed by atoms with Gasteiger partial charge in [-0.25, -0.2) is 4.98 Å². The normalized spacial score (nSPS) is 16.9. The van der Waals surface area contributed by atoms with Gasteiger partial charge in [-0.1, -0.05) is 41.2 Å². The molecule has 1 fully saturated rings. The number of benzene rings is 1. The first kappa shape index (κ1) is 23.4. The molecule has 1 aliphatic rings. The zero-order valence-corrected chi connectivity index (χ0v) is 21.0. The lowest BCUT2D eigenvalue weighted by Crippen LogP contribution is -2.34. The molecule has 1 atom stereocenters. The molecule has 1 saturated heterocycles. The number of hydrogen-bond donors (Lipinski definition) is 0. The van der Waals surface area contributed by atoms with E-state index in [4.69, 9.17) is 9.72 Å². The molecule has 2 aromatic heterocycles. The van der Waals surface area contributed by atoms with Gasteiger partial charge in [-0.2, -0.15) is 0 Å². The monoisotopic (exact) mass is 445 g/mol. The van der Waals surface area contributed by atoms with Crippen LogP contribution in [-0.4, -0.2) is 29.2 Å². The number of anilines is 1. The van der Waals surface area contributed by atoms with E-state index >= 15 is 0 Å². The smallest absolute Gasteiger partial charge is 0.128 e. The van der Waals surface area contributed by atoms with Gasteiger partial charge in [0.1, 0.15) is 11.6 Å². The molecule has 0 bridgehead atoms. The van der Waals surface area contributed by atoms with Crippen molar-refractivity contribution in [3.63, 3.8) is 0 Å². The second kappa shape index (κ2) is 9.62. The second-order valence-corrected chi connectivity index (χ2v) is 10.8. The summed E-state index contributed by atoms with van der Waals surface area (Å²) in [4.78, 5) is 7.29. The highest BCUT2D eigenvalue weighted by Crippen LogP contribution is 2.36. The molecule has 3 heterocycles. The van der Waals surface area contributed by atoms with E-state index in [1.807, 2.05) is 6.20 Å². The van der Waals surface area contributed by atoms with Gasteiger partial charge in [0.25, 0.3) is 0 Å². The predicted molar refractivity (Wildman–Crippen MR) is 141 cm³/mol. The minimum atomic E-state index is 0.155. The van der Waals surface area contributed by atoms with Crippen LogP contribution < -0.4 is 9.64 Å². The molecule has 0 saturated carbocycles. The summed E-state index contributed by atoms with van der Waals surface area (Å²) in [6, 6.07) is 13.0. The summed E-state index contributed by atoms with van der Waals surface area (Å²) >= 11 is 0. The van der Waals surface area contributed by atoms with Crippen molar-refractivity contribution >= 4 is 22.4 Å². The van der Waals surface area contributed by atoms with Crippen LogP contribution in [0.25, 0.3) is 27.9 Å². The SMILES string of the molecule is C=C(CC(C)(C)C)n1c(-c2ccc(N3CCC[C@@H](C)C3)nc2)cc2cc(OCCC)ccc21. The molecular formula is C29H39N3O. The maximum atomic E-state index is 5.90. The highest BCUT2D eigenvalue weighted by atomic mass is 16.5. The molecule has 0 N–H and O–H groups in total. The quantitative estimate of drug-likeness (QED) is 0.374. The van der Waals surface area contributed by atoms with Crippen LogP contribution in [0.5, 0.6) is 5.75 Å². The van der Waals surface area contributed by atoms with Crippen molar-refractivity contribution in [1.82, 2.24) is 9.55 Å². The van der Waals surface area contributed by atoms with Crippen LogP contribution in [0.1, 0.15) is 60.3 Å². The van der Waals surface area contributed by atoms with Crippen molar-refractivity contribution < 1.29 is 4.74 Å². The van der Waals surface area contributed by atoms with Crippen molar-refractivity contribution in [3.05, 3.63) is 49.2 Å². The van der Waals surface area contributed by atoms with E-state index in [1.165, 1.54) is 18.2 Å². The van der Waals surface area contributed by atoms with Crippen LogP contribution >= 0.6 is 0 Å². The molecule has 4 rings (SSSR count). The van der Waals surface area contributed by atoms with Gasteiger partial charge in [-0.3, -0.25) is 0 Å². The third-order valence-electron chi connectivity index (χ3n) is 6.32. The van der Waals surface area contributed by atoms with E-state index in [2.05, 4.69) is 87.1 Å². The maximum Gasteiger partial charge on any atom is 0.128 e. The topological polar surface area (TPSA) is 30.3 Å². The fourth-order valence-electron chi connectivity index (χ4n) is 4.87. The van der Waals surface area contributed by atoms with E-state index in [0.29, 0.717) is 0 Å². The Balaban J connectivity index is 1.73. The van der Waals surface area contributed by atoms with E-state index in [-0.39, 0.29) is 5.41 Å². The number of aromatic nitrogens is 2. The van der Waals surface area contributed by atoms with E-state index in [0.717, 1.165) is 72.5 Å². The van der Waals surface area contributed by atoms with Crippen LogP contribution in [0.4, 0.5) is 5.82 Å². The lowest BCUT2D eigenvalue weighted by atomic mass is 9.90. The maximum absolute atomic E-state index is 5.90. The first-order chi connectivity index (χ1) is 15.7. The molecule has 0 amide bonds. The molecule has 4 heteroatoms. The molecule has 176 valence electrons. The molecule has 1 aliphatic heterocycles. The lowest BCUT2D eigenvalue weighted by Gasteiger charge is -2.31. The van der Waals surface area contributed by atoms with Gasteiger partial charge in [0.15, 0.2) is 0 Å². The number of ether oxygens (including phenoxy) is 1. The number of piperidine rings is 1. The number of hydrogen-bond acceptors (Lipinski definition) is 3. The Hall–Kier alpha value is -2.75. The molecule has 0 spiro atoms. The Morgan fingerprint density at radius 3 is 2.67 bits per heavy atom. The summed E-state index contributed by atoms with van der Waals surface area (Å²) in [7, 11) is 0. The number of allylic oxidation sites excluding steroid dienone is 1. The summed E-state index contributed by atoms with van der Waals surface area (Å²) < 4.78 is 8.21. The summed E-state index contributed by atoms with van der Waals surface area (Å²) in [6.45, 7) is 18.7. The molecular weight excluding hydrogens is 406 g/mol. The van der Waals surface area contributed by atoms with Crippen LogP contribution in [0, 0.1) is 11.3 Å². The Morgan fingerprint density at radius 1 is 1.18 bits per heavy atom. The van der Waals surface area contributed by atoms with Gasteiger partial charge >= 0.3 is 0 Å². The Bertz CT molecular complexity index is 1100. The average Bonchev–Trinajstić information content (AvgIpc) is 3.15. The number of pyridine rings is 1. The zero-order valence-electron chi connectivity index (χ0n) is 21.0. The number of fused-ring (bicyclic) bond motifs is 1. The van der Waals surface area contributed by atoms with Gasteiger partial charge in [0, 0.05) is 35.9 Å². The third kappa shape index (κ3) is 5.43. The van der Waals surface area contributed by atoms with Crippen molar-refractivity contribution in [3.8, 4) is 17.0 Å². The van der Waals surface area contributed by atoms with E-state index in [9.17, 15) is 0 Å². The highest BCUT2D eigenvalue weighted by Gasteiger charge is 2.20. The Morgan fingerprint density at radius 2 is 2.00 bits per heavy atom. The van der Waals surface area contributed by atoms with Crippen molar-refractivity contribution in [1.29, 1.82) is 0 Å². The van der Waals surface area contributed by atoms with Crippen LogP contribution in [0.3, 0.4) is 0 Å². The molecule has 0 aliphatic carbocycles. The standard InChI is InChI=1S/C29H39N3O/c1-7-15-33-25-11-12-26-24(16-25)17-27(32(26)22(3)18-29(4,5)6)23-10-13-28(30-19-23)31-14-8-9-21(2)20-31/h10-13,16-17,19,21H,3,7-9,14-15,18,20H2,1-2,4-6H3/t21-/m1/s1. The minimum absolute atomic E-state index is 0.155. The summed E-state index contributed by atoms with van der Waals surface area (Å²) in [6.07, 6.45) is 6.50. The summed E-state index contributed by atoms with van der Waals surface area (Å²) in [5, 5.41) is 1.17. The van der Waals surface area contributed by atoms with Gasteiger partial charge in [0.2, 0.25) is 0 Å². The molecule has 3 aromatic rings. The van der Waals surface area contributed by atoms with Gasteiger partial charge in [0.05, 0.1) is 17.8 Å². The largest absolute Gasteiger partial charge is 0.494 e. The van der Waals surface area contributed by atoms with Crippen LogP contribution in [0.15, 0.2) is 49.2 Å². The van der Waals surface area contributed by atoms with Gasteiger partial charge in [-0.05, 0) is 73.4 Å². The van der Waals surface area contributed by atoms with Crippen molar-refractivity contribution in [2.24, 2.45) is 11.3 Å². The fourth-order valence-corrected chi connectivity index (χ4v) is 4.87. The summed E-state index contributed by atoms with van der Waals surface area (Å²) in [5.74, 6) is 2.73. The Labute approximate surface area is 199 Å². The van der Waals surface area contributed by atoms with Crippen molar-refractivity contribution in [2.45, 2.75) is 60.3 Å². The van der Waals surface area contributed by atoms with Crippen LogP contribution in [-0.2, 0) is 0 Å². The number of rotatable bonds is 7. The Kier molecular flexibility index (Phi) is 6.83. The minimum Gasteiger partial charge on any atom is -0.494 e. The highest BCUT2D eigenvalue weighted by molar-refractivity contribution is 5.91. The molecule has 0 unspecified atom stereocenters. The van der Waals surface area contributed by atoms with E-state index in [1.54, 1.807) is 0 Å². The van der Waals surface area contributed by atoms with Crippen molar-refractivity contribution in [2.75, 3.05) is 24.6 Å². The first-order valence-corrected chi connectivity index (χ1v) is 12.4. The fraction of sp³-hybridized carbons (Fsp3) is 0.483. The second-order valence-electron chi connectivity index (χ2n) is 10.8. The van der Waals surface area contributed by atoms with Crippen LogP contribution in [0.2, 0.25) is 0 Å². The van der Waals surface area contributed by atoms with E-state index < -0.39 is 0 Å². The van der Waals surface area contributed by atoms with Gasteiger partial charge in [-0.15, -0.1) is 0 Å². The average molecular weight is 446 g/mol.